The van der Waals surface area contributed by atoms with Gasteiger partial charge in [0.25, 0.3) is 0 Å². The molecule has 0 aliphatic rings. The molecule has 0 saturated carbocycles. The summed E-state index contributed by atoms with van der Waals surface area (Å²) in [5, 5.41) is 11.9. The molecule has 0 N–H and O–H groups in total. The van der Waals surface area contributed by atoms with Gasteiger partial charge in [0.1, 0.15) is 0 Å². The minimum atomic E-state index is -4.30. The van der Waals surface area contributed by atoms with Crippen molar-refractivity contribution in [3.8, 4) is 0 Å². The summed E-state index contributed by atoms with van der Waals surface area (Å²) in [6.07, 6.45) is -3.24. The molecule has 0 radical (unpaired) electrons. The molecule has 0 unspecified atom stereocenters. The Morgan fingerprint density at radius 1 is 1.29 bits per heavy atom. The fourth-order valence-electron chi connectivity index (χ4n) is 1.52. The van der Waals surface area contributed by atoms with Crippen molar-refractivity contribution in [2.24, 2.45) is 0 Å². The summed E-state index contributed by atoms with van der Waals surface area (Å²) < 4.78 is 37.2. The number of aryl methyl sites for hydroxylation is 1. The van der Waals surface area contributed by atoms with Gasteiger partial charge < -0.3 is 10.3 Å². The highest BCUT2D eigenvalue weighted by Gasteiger charge is 2.30. The summed E-state index contributed by atoms with van der Waals surface area (Å²) in [5.74, 6) is 0. The summed E-state index contributed by atoms with van der Waals surface area (Å²) in [7, 11) is 0. The molecule has 0 bridgehead atoms. The number of benzene rings is 1. The Bertz CT molecular complexity index is 352. The molecule has 1 rings (SSSR count). The number of hydrogen-bond donors (Lipinski definition) is 0. The first-order valence-electron chi connectivity index (χ1n) is 5.51. The second kappa shape index (κ2) is 6.02. The zero-order valence-corrected chi connectivity index (χ0v) is 9.63. The van der Waals surface area contributed by atoms with Gasteiger partial charge in [-0.25, -0.2) is 0 Å². The van der Waals surface area contributed by atoms with E-state index in [1.165, 1.54) is 6.07 Å². The lowest BCUT2D eigenvalue weighted by Crippen LogP contribution is -2.17. The normalized spacial score (nSPS) is 12.1. The van der Waals surface area contributed by atoms with Crippen LogP contribution in [0.15, 0.2) is 24.3 Å². The maximum absolute atomic E-state index is 12.4. The highest BCUT2D eigenvalue weighted by molar-refractivity contribution is 5.25. The zero-order valence-electron chi connectivity index (χ0n) is 9.63. The number of alkyl halides is 3. The van der Waals surface area contributed by atoms with E-state index in [0.29, 0.717) is 31.5 Å². The van der Waals surface area contributed by atoms with Crippen molar-refractivity contribution in [3.05, 3.63) is 40.6 Å². The third-order valence-corrected chi connectivity index (χ3v) is 2.48. The summed E-state index contributed by atoms with van der Waals surface area (Å²) in [6.45, 7) is 2.51. The molecule has 5 heteroatoms. The van der Waals surface area contributed by atoms with E-state index in [9.17, 15) is 18.4 Å². The van der Waals surface area contributed by atoms with Crippen LogP contribution in [-0.2, 0) is 12.6 Å². The SMILES string of the molecule is CCN([O-])CCCc1cccc(C(F)(F)F)c1. The Labute approximate surface area is 98.6 Å². The van der Waals surface area contributed by atoms with E-state index in [4.69, 9.17) is 0 Å². The van der Waals surface area contributed by atoms with E-state index in [1.54, 1.807) is 13.0 Å². The molecule has 1 aromatic carbocycles. The number of rotatable bonds is 5. The van der Waals surface area contributed by atoms with E-state index in [1.807, 2.05) is 0 Å². The standard InChI is InChI=1S/C12H15F3NO/c1-2-16(17)8-4-6-10-5-3-7-11(9-10)12(13,14)15/h3,5,7,9H,2,4,6,8H2,1H3/q-1. The minimum absolute atomic E-state index is 0.354. The maximum atomic E-state index is 12.4. The number of hydrogen-bond acceptors (Lipinski definition) is 2. The van der Waals surface area contributed by atoms with Crippen molar-refractivity contribution in [3.63, 3.8) is 0 Å². The van der Waals surface area contributed by atoms with E-state index in [2.05, 4.69) is 0 Å². The topological polar surface area (TPSA) is 26.3 Å². The van der Waals surface area contributed by atoms with E-state index < -0.39 is 11.7 Å². The van der Waals surface area contributed by atoms with Crippen molar-refractivity contribution in [2.45, 2.75) is 25.9 Å². The van der Waals surface area contributed by atoms with Crippen molar-refractivity contribution in [1.29, 1.82) is 0 Å². The van der Waals surface area contributed by atoms with Crippen molar-refractivity contribution in [2.75, 3.05) is 13.1 Å². The predicted octanol–water partition coefficient (Wildman–Crippen LogP) is 3.46. The van der Waals surface area contributed by atoms with Gasteiger partial charge in [0.15, 0.2) is 0 Å². The van der Waals surface area contributed by atoms with E-state index in [-0.39, 0.29) is 0 Å². The van der Waals surface area contributed by atoms with Crippen LogP contribution in [0.5, 0.6) is 0 Å². The van der Waals surface area contributed by atoms with Gasteiger partial charge in [-0.15, -0.1) is 0 Å². The first-order chi connectivity index (χ1) is 7.93. The quantitative estimate of drug-likeness (QED) is 0.744. The Morgan fingerprint density at radius 2 is 2.00 bits per heavy atom. The van der Waals surface area contributed by atoms with Crippen LogP contribution in [0.25, 0.3) is 0 Å². The molecule has 17 heavy (non-hydrogen) atoms. The van der Waals surface area contributed by atoms with Crippen LogP contribution in [0.4, 0.5) is 13.2 Å². The molecule has 0 aliphatic carbocycles. The molecule has 0 saturated heterocycles. The average Bonchev–Trinajstić information content (AvgIpc) is 2.28. The third kappa shape index (κ3) is 4.75. The van der Waals surface area contributed by atoms with Gasteiger partial charge in [0, 0.05) is 0 Å². The number of halogens is 3. The number of hydroxylamine groups is 2. The lowest BCUT2D eigenvalue weighted by atomic mass is 10.1. The Hall–Kier alpha value is -1.07. The van der Waals surface area contributed by atoms with Crippen molar-refractivity contribution >= 4 is 0 Å². The third-order valence-electron chi connectivity index (χ3n) is 2.48. The smallest absolute Gasteiger partial charge is 0.416 e. The van der Waals surface area contributed by atoms with Crippen LogP contribution in [0.3, 0.4) is 0 Å². The second-order valence-electron chi connectivity index (χ2n) is 3.82. The van der Waals surface area contributed by atoms with Crippen LogP contribution in [0.1, 0.15) is 24.5 Å². The van der Waals surface area contributed by atoms with Crippen LogP contribution in [0.2, 0.25) is 0 Å². The summed E-state index contributed by atoms with van der Waals surface area (Å²) in [4.78, 5) is 0. The fraction of sp³-hybridized carbons (Fsp3) is 0.500. The van der Waals surface area contributed by atoms with E-state index in [0.717, 1.165) is 17.2 Å². The first kappa shape index (κ1) is 14.0. The molecule has 1 aromatic rings. The van der Waals surface area contributed by atoms with Gasteiger partial charge in [-0.05, 0) is 37.6 Å². The summed E-state index contributed by atoms with van der Waals surface area (Å²) in [5.41, 5.74) is -0.0196. The van der Waals surface area contributed by atoms with Crippen LogP contribution >= 0.6 is 0 Å². The monoisotopic (exact) mass is 246 g/mol. The van der Waals surface area contributed by atoms with Gasteiger partial charge in [0.2, 0.25) is 0 Å². The van der Waals surface area contributed by atoms with Crippen molar-refractivity contribution in [1.82, 2.24) is 5.06 Å². The summed E-state index contributed by atoms with van der Waals surface area (Å²) >= 11 is 0. The molecular formula is C12H15F3NO-. The van der Waals surface area contributed by atoms with Crippen LogP contribution in [0, 0.1) is 5.21 Å². The first-order valence-corrected chi connectivity index (χ1v) is 5.51. The highest BCUT2D eigenvalue weighted by Crippen LogP contribution is 2.29. The molecule has 0 spiro atoms. The van der Waals surface area contributed by atoms with Crippen LogP contribution < -0.4 is 0 Å². The average molecular weight is 246 g/mol. The Kier molecular flexibility index (Phi) is 4.96. The second-order valence-corrected chi connectivity index (χ2v) is 3.82. The lowest BCUT2D eigenvalue weighted by Gasteiger charge is -2.25. The van der Waals surface area contributed by atoms with Gasteiger partial charge in [-0.2, -0.15) is 13.2 Å². The van der Waals surface area contributed by atoms with Gasteiger partial charge in [-0.1, -0.05) is 25.1 Å². The van der Waals surface area contributed by atoms with Gasteiger partial charge in [-0.3, -0.25) is 0 Å². The van der Waals surface area contributed by atoms with Crippen molar-refractivity contribution < 1.29 is 13.2 Å². The van der Waals surface area contributed by atoms with Crippen LogP contribution in [-0.4, -0.2) is 18.2 Å². The van der Waals surface area contributed by atoms with E-state index >= 15 is 0 Å². The Balaban J connectivity index is 2.55. The minimum Gasteiger partial charge on any atom is -0.785 e. The van der Waals surface area contributed by atoms with Gasteiger partial charge >= 0.3 is 6.18 Å². The number of nitrogens with zero attached hydrogens (tertiary/aromatic N) is 1. The molecule has 0 fully saturated rings. The Morgan fingerprint density at radius 3 is 2.59 bits per heavy atom. The molecular weight excluding hydrogens is 231 g/mol. The molecule has 0 aliphatic heterocycles. The lowest BCUT2D eigenvalue weighted by molar-refractivity contribution is -0.137. The maximum Gasteiger partial charge on any atom is 0.416 e. The fourth-order valence-corrected chi connectivity index (χ4v) is 1.52. The summed E-state index contributed by atoms with van der Waals surface area (Å²) in [6, 6.07) is 5.24. The predicted molar refractivity (Wildman–Crippen MR) is 60.4 cm³/mol. The largest absolute Gasteiger partial charge is 0.785 e. The molecule has 0 aromatic heterocycles. The van der Waals surface area contributed by atoms with Gasteiger partial charge in [0.05, 0.1) is 5.56 Å². The molecule has 96 valence electrons. The molecule has 2 nitrogen and oxygen atoms in total. The zero-order chi connectivity index (χ0) is 12.9. The molecule has 0 heterocycles. The molecule has 0 atom stereocenters. The molecule has 0 amide bonds. The highest BCUT2D eigenvalue weighted by atomic mass is 19.4.